The van der Waals surface area contributed by atoms with Crippen LogP contribution in [0.25, 0.3) is 0 Å². The van der Waals surface area contributed by atoms with E-state index in [0.29, 0.717) is 39.1 Å². The van der Waals surface area contributed by atoms with Crippen molar-refractivity contribution in [2.24, 2.45) is 0 Å². The van der Waals surface area contributed by atoms with E-state index in [0.717, 1.165) is 12.8 Å². The molecular weight excluding hydrogens is 274 g/mol. The second-order valence-electron chi connectivity index (χ2n) is 5.76. The van der Waals surface area contributed by atoms with Gasteiger partial charge in [-0.1, -0.05) is 0 Å². The van der Waals surface area contributed by atoms with Gasteiger partial charge in [-0.15, -0.1) is 0 Å². The molecule has 0 N–H and O–H groups in total. The van der Waals surface area contributed by atoms with Crippen molar-refractivity contribution in [1.29, 1.82) is 0 Å². The maximum absolute atomic E-state index is 12.4. The van der Waals surface area contributed by atoms with Gasteiger partial charge in [-0.2, -0.15) is 0 Å². The molecule has 0 aliphatic carbocycles. The number of nitrogens with zero attached hydrogens (tertiary/aromatic N) is 3. The Morgan fingerprint density at radius 1 is 1.19 bits per heavy atom. The summed E-state index contributed by atoms with van der Waals surface area (Å²) < 4.78 is 4.98. The van der Waals surface area contributed by atoms with Crippen LogP contribution in [0.3, 0.4) is 0 Å². The normalized spacial score (nSPS) is 26.5. The summed E-state index contributed by atoms with van der Waals surface area (Å²) in [5.41, 5.74) is 0. The highest BCUT2D eigenvalue weighted by molar-refractivity contribution is 6.04. The van der Waals surface area contributed by atoms with Crippen LogP contribution in [0.5, 0.6) is 0 Å². The number of hydrogen-bond acceptors (Lipinski definition) is 4. The number of urea groups is 1. The topological polar surface area (TPSA) is 70.2 Å². The van der Waals surface area contributed by atoms with Crippen LogP contribution in [0.15, 0.2) is 0 Å². The number of amides is 4. The fraction of sp³-hybridized carbons (Fsp3) is 0.786. The van der Waals surface area contributed by atoms with Crippen molar-refractivity contribution < 1.29 is 19.1 Å². The van der Waals surface area contributed by atoms with Gasteiger partial charge in [0, 0.05) is 25.7 Å². The van der Waals surface area contributed by atoms with Crippen LogP contribution in [-0.4, -0.2) is 71.1 Å². The zero-order chi connectivity index (χ0) is 15.0. The quantitative estimate of drug-likeness (QED) is 0.714. The van der Waals surface area contributed by atoms with E-state index >= 15 is 0 Å². The number of carbonyl (C=O) groups excluding carboxylic acids is 3. The fourth-order valence-electron chi connectivity index (χ4n) is 3.50. The number of piperidine rings is 1. The molecule has 1 unspecified atom stereocenters. The predicted molar refractivity (Wildman–Crippen MR) is 73.6 cm³/mol. The minimum absolute atomic E-state index is 0.0490. The molecule has 0 spiro atoms. The molecule has 3 heterocycles. The number of likely N-dealkylation sites (tertiary alicyclic amines) is 1. The summed E-state index contributed by atoms with van der Waals surface area (Å²) in [5, 5.41) is 0. The van der Waals surface area contributed by atoms with E-state index in [4.69, 9.17) is 4.74 Å². The Morgan fingerprint density at radius 2 is 1.90 bits per heavy atom. The van der Waals surface area contributed by atoms with Crippen molar-refractivity contribution in [3.63, 3.8) is 0 Å². The standard InChI is InChI=1S/C14H21N3O4/c1-2-21-14(20)15-8-5-10(6-9-15)17-12(18)11-4-3-7-16(11)13(17)19/h10-11H,2-9H2,1H3. The van der Waals surface area contributed by atoms with Crippen LogP contribution >= 0.6 is 0 Å². The molecule has 0 radical (unpaired) electrons. The Hall–Kier alpha value is -1.79. The lowest BCUT2D eigenvalue weighted by atomic mass is 10.0. The Labute approximate surface area is 123 Å². The third-order valence-corrected chi connectivity index (χ3v) is 4.58. The van der Waals surface area contributed by atoms with Gasteiger partial charge in [0.15, 0.2) is 0 Å². The van der Waals surface area contributed by atoms with Crippen LogP contribution in [0.4, 0.5) is 9.59 Å². The third-order valence-electron chi connectivity index (χ3n) is 4.58. The van der Waals surface area contributed by atoms with Gasteiger partial charge in [0.2, 0.25) is 0 Å². The van der Waals surface area contributed by atoms with E-state index in [1.54, 1.807) is 16.7 Å². The van der Waals surface area contributed by atoms with Crippen LogP contribution in [0.1, 0.15) is 32.6 Å². The maximum atomic E-state index is 12.4. The molecule has 0 aromatic carbocycles. The van der Waals surface area contributed by atoms with Crippen molar-refractivity contribution in [2.75, 3.05) is 26.2 Å². The van der Waals surface area contributed by atoms with E-state index in [-0.39, 0.29) is 30.1 Å². The van der Waals surface area contributed by atoms with Crippen molar-refractivity contribution >= 4 is 18.0 Å². The second kappa shape index (κ2) is 5.54. The van der Waals surface area contributed by atoms with Gasteiger partial charge in [-0.3, -0.25) is 9.69 Å². The average Bonchev–Trinajstić information content (AvgIpc) is 3.05. The second-order valence-corrected chi connectivity index (χ2v) is 5.76. The largest absolute Gasteiger partial charge is 0.450 e. The average molecular weight is 295 g/mol. The minimum Gasteiger partial charge on any atom is -0.450 e. The van der Waals surface area contributed by atoms with Crippen LogP contribution in [0.2, 0.25) is 0 Å². The first-order valence-electron chi connectivity index (χ1n) is 7.69. The molecular formula is C14H21N3O4. The molecule has 0 saturated carbocycles. The fourth-order valence-corrected chi connectivity index (χ4v) is 3.50. The lowest BCUT2D eigenvalue weighted by Crippen LogP contribution is -2.49. The van der Waals surface area contributed by atoms with E-state index in [1.165, 1.54) is 4.90 Å². The Morgan fingerprint density at radius 3 is 2.52 bits per heavy atom. The molecule has 116 valence electrons. The summed E-state index contributed by atoms with van der Waals surface area (Å²) in [6, 6.07) is -0.459. The number of imide groups is 1. The highest BCUT2D eigenvalue weighted by Crippen LogP contribution is 2.31. The Bertz CT molecular complexity index is 437. The number of rotatable bonds is 2. The zero-order valence-electron chi connectivity index (χ0n) is 12.3. The molecule has 4 amide bonds. The van der Waals surface area contributed by atoms with Crippen LogP contribution < -0.4 is 0 Å². The zero-order valence-corrected chi connectivity index (χ0v) is 12.3. The first kappa shape index (κ1) is 14.2. The van der Waals surface area contributed by atoms with Crippen LogP contribution in [0, 0.1) is 0 Å². The third kappa shape index (κ3) is 2.34. The highest BCUT2D eigenvalue weighted by atomic mass is 16.6. The van der Waals surface area contributed by atoms with E-state index in [9.17, 15) is 14.4 Å². The van der Waals surface area contributed by atoms with Gasteiger partial charge in [-0.05, 0) is 32.6 Å². The monoisotopic (exact) mass is 295 g/mol. The summed E-state index contributed by atoms with van der Waals surface area (Å²) in [6.07, 6.45) is 2.66. The van der Waals surface area contributed by atoms with Gasteiger partial charge in [0.25, 0.3) is 5.91 Å². The first-order chi connectivity index (χ1) is 10.1. The van der Waals surface area contributed by atoms with Gasteiger partial charge in [0.05, 0.1) is 6.61 Å². The van der Waals surface area contributed by atoms with Crippen molar-refractivity contribution in [1.82, 2.24) is 14.7 Å². The number of ether oxygens (including phenoxy) is 1. The lowest BCUT2D eigenvalue weighted by Gasteiger charge is -2.35. The summed E-state index contributed by atoms with van der Waals surface area (Å²) in [6.45, 7) is 3.89. The molecule has 3 aliphatic rings. The van der Waals surface area contributed by atoms with Crippen molar-refractivity contribution in [3.05, 3.63) is 0 Å². The van der Waals surface area contributed by atoms with Gasteiger partial charge in [0.1, 0.15) is 6.04 Å². The molecule has 0 bridgehead atoms. The molecule has 3 aliphatic heterocycles. The van der Waals surface area contributed by atoms with Gasteiger partial charge >= 0.3 is 12.1 Å². The van der Waals surface area contributed by atoms with Gasteiger partial charge < -0.3 is 14.5 Å². The van der Waals surface area contributed by atoms with E-state index in [2.05, 4.69) is 0 Å². The predicted octanol–water partition coefficient (Wildman–Crippen LogP) is 1.03. The molecule has 7 heteroatoms. The van der Waals surface area contributed by atoms with Crippen molar-refractivity contribution in [2.45, 2.75) is 44.7 Å². The van der Waals surface area contributed by atoms with E-state index < -0.39 is 0 Å². The summed E-state index contributed by atoms with van der Waals surface area (Å²) in [7, 11) is 0. The number of fused-ring (bicyclic) bond motifs is 1. The molecule has 0 aromatic rings. The summed E-state index contributed by atoms with van der Waals surface area (Å²) in [4.78, 5) is 41.2. The summed E-state index contributed by atoms with van der Waals surface area (Å²) >= 11 is 0. The van der Waals surface area contributed by atoms with Crippen molar-refractivity contribution in [3.8, 4) is 0 Å². The molecule has 1 atom stereocenters. The Kier molecular flexibility index (Phi) is 3.73. The molecule has 3 fully saturated rings. The Balaban J connectivity index is 1.61. The first-order valence-corrected chi connectivity index (χ1v) is 7.69. The molecule has 21 heavy (non-hydrogen) atoms. The number of carbonyl (C=O) groups is 3. The molecule has 3 saturated heterocycles. The van der Waals surface area contributed by atoms with Gasteiger partial charge in [-0.25, -0.2) is 9.59 Å². The molecule has 7 nitrogen and oxygen atoms in total. The summed E-state index contributed by atoms with van der Waals surface area (Å²) in [5.74, 6) is -0.0490. The van der Waals surface area contributed by atoms with Crippen LogP contribution in [-0.2, 0) is 9.53 Å². The number of hydrogen-bond donors (Lipinski definition) is 0. The lowest BCUT2D eigenvalue weighted by molar-refractivity contribution is -0.130. The molecule has 0 aromatic heterocycles. The highest BCUT2D eigenvalue weighted by Gasteiger charge is 2.50. The minimum atomic E-state index is -0.310. The SMILES string of the molecule is CCOC(=O)N1CCC(N2C(=O)C3CCCN3C2=O)CC1. The smallest absolute Gasteiger partial charge is 0.409 e. The molecule has 3 rings (SSSR count). The maximum Gasteiger partial charge on any atom is 0.409 e. The van der Waals surface area contributed by atoms with E-state index in [1.807, 2.05) is 0 Å².